The van der Waals surface area contributed by atoms with Crippen LogP contribution in [-0.2, 0) is 0 Å². The topological polar surface area (TPSA) is 78.1 Å². The van der Waals surface area contributed by atoms with Gasteiger partial charge in [-0.25, -0.2) is 4.98 Å². The number of carbonyl (C=O) groups is 1. The summed E-state index contributed by atoms with van der Waals surface area (Å²) in [5, 5.41) is 3.81. The van der Waals surface area contributed by atoms with Gasteiger partial charge >= 0.3 is 0 Å². The molecule has 0 atom stereocenters. The van der Waals surface area contributed by atoms with E-state index < -0.39 is 11.5 Å². The van der Waals surface area contributed by atoms with Crippen LogP contribution in [-0.4, -0.2) is 29.0 Å². The van der Waals surface area contributed by atoms with Crippen LogP contribution in [0.2, 0.25) is 0 Å². The van der Waals surface area contributed by atoms with Gasteiger partial charge in [0.2, 0.25) is 0 Å². The highest BCUT2D eigenvalue weighted by molar-refractivity contribution is 7.22. The van der Waals surface area contributed by atoms with E-state index in [-0.39, 0.29) is 5.56 Å². The lowest BCUT2D eigenvalue weighted by atomic mass is 10.2. The highest BCUT2D eigenvalue weighted by atomic mass is 32.1. The molecule has 1 amide bonds. The van der Waals surface area contributed by atoms with Gasteiger partial charge in [-0.05, 0) is 43.2 Å². The van der Waals surface area contributed by atoms with Crippen molar-refractivity contribution in [1.82, 2.24) is 9.97 Å². The highest BCUT2D eigenvalue weighted by Gasteiger charge is 2.17. The Morgan fingerprint density at radius 2 is 2.08 bits per heavy atom. The molecule has 1 aliphatic heterocycles. The maximum Gasteiger partial charge on any atom is 0.261 e. The van der Waals surface area contributed by atoms with Crippen molar-refractivity contribution in [3.8, 4) is 0 Å². The minimum Gasteiger partial charge on any atom is -0.348 e. The molecule has 1 saturated heterocycles. The first-order chi connectivity index (χ1) is 11.7. The number of H-pyrrole nitrogens is 1. The molecule has 0 aliphatic carbocycles. The second-order valence-corrected chi connectivity index (χ2v) is 6.75. The fourth-order valence-electron chi connectivity index (χ4n) is 2.83. The standard InChI is InChI=1S/C17H16N4O2S/c22-15-12(4-3-7-18-15)16(23)19-11-5-6-13-14(10-11)24-17(20-13)21-8-1-2-9-21/h3-7,10H,1-2,8-9H2,(H,18,22)(H,19,23). The van der Waals surface area contributed by atoms with Gasteiger partial charge in [0.1, 0.15) is 5.56 Å². The average Bonchev–Trinajstić information content (AvgIpc) is 3.24. The summed E-state index contributed by atoms with van der Waals surface area (Å²) >= 11 is 1.63. The van der Waals surface area contributed by atoms with E-state index in [1.165, 1.54) is 25.1 Å². The molecule has 6 nitrogen and oxygen atoms in total. The minimum atomic E-state index is -0.416. The summed E-state index contributed by atoms with van der Waals surface area (Å²) < 4.78 is 1.02. The van der Waals surface area contributed by atoms with E-state index >= 15 is 0 Å². The highest BCUT2D eigenvalue weighted by Crippen LogP contribution is 2.32. The van der Waals surface area contributed by atoms with Gasteiger partial charge in [-0.15, -0.1) is 0 Å². The molecule has 1 aromatic carbocycles. The first-order valence-corrected chi connectivity index (χ1v) is 8.67. The van der Waals surface area contributed by atoms with Gasteiger partial charge in [0.15, 0.2) is 5.13 Å². The zero-order valence-electron chi connectivity index (χ0n) is 12.9. The molecule has 2 aromatic heterocycles. The van der Waals surface area contributed by atoms with Crippen LogP contribution in [0.4, 0.5) is 10.8 Å². The summed E-state index contributed by atoms with van der Waals surface area (Å²) in [5.74, 6) is -0.416. The zero-order valence-corrected chi connectivity index (χ0v) is 13.7. The molecule has 2 N–H and O–H groups in total. The molecule has 24 heavy (non-hydrogen) atoms. The van der Waals surface area contributed by atoms with Gasteiger partial charge < -0.3 is 15.2 Å². The van der Waals surface area contributed by atoms with Crippen LogP contribution in [0.15, 0.2) is 41.3 Å². The normalized spacial score (nSPS) is 14.2. The largest absolute Gasteiger partial charge is 0.348 e. The molecule has 1 fully saturated rings. The van der Waals surface area contributed by atoms with E-state index in [0.717, 1.165) is 28.4 Å². The van der Waals surface area contributed by atoms with Gasteiger partial charge in [0.25, 0.3) is 11.5 Å². The maximum atomic E-state index is 12.2. The second kappa shape index (κ2) is 6.09. The number of anilines is 2. The molecule has 1 aliphatic rings. The number of nitrogens with zero attached hydrogens (tertiary/aromatic N) is 2. The number of hydrogen-bond acceptors (Lipinski definition) is 5. The number of amides is 1. The Morgan fingerprint density at radius 1 is 1.25 bits per heavy atom. The SMILES string of the molecule is O=C(Nc1ccc2nc(N3CCCC3)sc2c1)c1ccc[nH]c1=O. The first-order valence-electron chi connectivity index (χ1n) is 7.85. The van der Waals surface area contributed by atoms with E-state index in [1.807, 2.05) is 18.2 Å². The van der Waals surface area contributed by atoms with Crippen LogP contribution < -0.4 is 15.8 Å². The van der Waals surface area contributed by atoms with Crippen molar-refractivity contribution >= 4 is 38.3 Å². The van der Waals surface area contributed by atoms with Crippen molar-refractivity contribution in [2.75, 3.05) is 23.3 Å². The van der Waals surface area contributed by atoms with Crippen LogP contribution in [0, 0.1) is 0 Å². The lowest BCUT2D eigenvalue weighted by Gasteiger charge is -2.11. The third-order valence-corrected chi connectivity index (χ3v) is 5.15. The zero-order chi connectivity index (χ0) is 16.5. The molecule has 0 spiro atoms. The van der Waals surface area contributed by atoms with Gasteiger partial charge in [-0.2, -0.15) is 0 Å². The number of aromatic amines is 1. The second-order valence-electron chi connectivity index (χ2n) is 5.74. The summed E-state index contributed by atoms with van der Waals surface area (Å²) in [6.45, 7) is 2.11. The Kier molecular flexibility index (Phi) is 3.78. The third-order valence-electron chi connectivity index (χ3n) is 4.07. The quantitative estimate of drug-likeness (QED) is 0.768. The summed E-state index contributed by atoms with van der Waals surface area (Å²) in [7, 11) is 0. The van der Waals surface area contributed by atoms with Crippen LogP contribution in [0.3, 0.4) is 0 Å². The number of carbonyl (C=O) groups excluding carboxylic acids is 1. The van der Waals surface area contributed by atoms with Crippen LogP contribution in [0.1, 0.15) is 23.2 Å². The Labute approximate surface area is 142 Å². The van der Waals surface area contributed by atoms with Gasteiger partial charge in [-0.3, -0.25) is 9.59 Å². The number of nitrogens with one attached hydrogen (secondary N) is 2. The van der Waals surface area contributed by atoms with Crippen molar-refractivity contribution < 1.29 is 4.79 Å². The van der Waals surface area contributed by atoms with Crippen molar-refractivity contribution in [3.05, 3.63) is 52.4 Å². The Bertz CT molecular complexity index is 956. The summed E-state index contributed by atoms with van der Waals surface area (Å²) in [5.41, 5.74) is 1.29. The van der Waals surface area contributed by atoms with Crippen LogP contribution in [0.25, 0.3) is 10.2 Å². The lowest BCUT2D eigenvalue weighted by molar-refractivity contribution is 0.102. The molecular formula is C17H16N4O2S. The van der Waals surface area contributed by atoms with E-state index in [1.54, 1.807) is 17.4 Å². The number of thiazole rings is 1. The molecule has 0 saturated carbocycles. The molecule has 4 rings (SSSR count). The molecule has 7 heteroatoms. The van der Waals surface area contributed by atoms with Gasteiger partial charge in [0, 0.05) is 25.0 Å². The molecule has 0 unspecified atom stereocenters. The maximum absolute atomic E-state index is 12.2. The molecule has 122 valence electrons. The lowest BCUT2D eigenvalue weighted by Crippen LogP contribution is -2.22. The number of fused-ring (bicyclic) bond motifs is 1. The van der Waals surface area contributed by atoms with E-state index in [4.69, 9.17) is 0 Å². The van der Waals surface area contributed by atoms with Crippen LogP contribution in [0.5, 0.6) is 0 Å². The number of hydrogen-bond donors (Lipinski definition) is 2. The summed E-state index contributed by atoms with van der Waals surface area (Å²) in [4.78, 5) is 33.4. The molecule has 0 bridgehead atoms. The van der Waals surface area contributed by atoms with Crippen molar-refractivity contribution in [3.63, 3.8) is 0 Å². The third kappa shape index (κ3) is 2.78. The van der Waals surface area contributed by atoms with Crippen molar-refractivity contribution in [1.29, 1.82) is 0 Å². The summed E-state index contributed by atoms with van der Waals surface area (Å²) in [6, 6.07) is 8.75. The Hall–Kier alpha value is -2.67. The molecule has 0 radical (unpaired) electrons. The van der Waals surface area contributed by atoms with Gasteiger partial charge in [0.05, 0.1) is 10.2 Å². The van der Waals surface area contributed by atoms with Crippen LogP contribution >= 0.6 is 11.3 Å². The number of pyridine rings is 1. The van der Waals surface area contributed by atoms with Crippen molar-refractivity contribution in [2.24, 2.45) is 0 Å². The fraction of sp³-hybridized carbons (Fsp3) is 0.235. The number of benzene rings is 1. The molecule has 3 heterocycles. The average molecular weight is 340 g/mol. The fourth-order valence-corrected chi connectivity index (χ4v) is 3.89. The van der Waals surface area contributed by atoms with E-state index in [0.29, 0.717) is 5.69 Å². The van der Waals surface area contributed by atoms with E-state index in [9.17, 15) is 9.59 Å². The number of aromatic nitrogens is 2. The smallest absolute Gasteiger partial charge is 0.261 e. The van der Waals surface area contributed by atoms with Gasteiger partial charge in [-0.1, -0.05) is 11.3 Å². The molecular weight excluding hydrogens is 324 g/mol. The predicted octanol–water partition coefficient (Wildman–Crippen LogP) is 2.84. The molecule has 3 aromatic rings. The monoisotopic (exact) mass is 340 g/mol. The Morgan fingerprint density at radius 3 is 2.88 bits per heavy atom. The Balaban J connectivity index is 1.59. The van der Waals surface area contributed by atoms with E-state index in [2.05, 4.69) is 20.2 Å². The predicted molar refractivity (Wildman–Crippen MR) is 96.1 cm³/mol. The van der Waals surface area contributed by atoms with Crippen molar-refractivity contribution in [2.45, 2.75) is 12.8 Å². The number of rotatable bonds is 3. The summed E-state index contributed by atoms with van der Waals surface area (Å²) in [6.07, 6.45) is 3.92. The minimum absolute atomic E-state index is 0.0969. The first kappa shape index (κ1) is 14.9.